The summed E-state index contributed by atoms with van der Waals surface area (Å²) in [6.45, 7) is 3.55. The molecule has 2 nitrogen and oxygen atoms in total. The third kappa shape index (κ3) is 1.87. The number of rotatable bonds is 1. The third-order valence-corrected chi connectivity index (χ3v) is 4.22. The minimum absolute atomic E-state index is 0.747. The van der Waals surface area contributed by atoms with Crippen molar-refractivity contribution in [2.45, 2.75) is 25.3 Å². The summed E-state index contributed by atoms with van der Waals surface area (Å²) in [4.78, 5) is 2.61. The Morgan fingerprint density at radius 2 is 2.06 bits per heavy atom. The summed E-state index contributed by atoms with van der Waals surface area (Å²) in [5.41, 5.74) is 2.98. The molecular formula is C13H17BrN2. The molecule has 0 aliphatic carbocycles. The third-order valence-electron chi connectivity index (χ3n) is 3.73. The van der Waals surface area contributed by atoms with E-state index in [1.807, 2.05) is 0 Å². The SMILES string of the molecule is Brc1ccc2c(c1)N(C1CCNCC1)CC2. The predicted molar refractivity (Wildman–Crippen MR) is 71.1 cm³/mol. The lowest BCUT2D eigenvalue weighted by Crippen LogP contribution is -2.42. The molecule has 2 heterocycles. The molecule has 2 aliphatic rings. The van der Waals surface area contributed by atoms with Crippen LogP contribution in [0.4, 0.5) is 5.69 Å². The van der Waals surface area contributed by atoms with Gasteiger partial charge in [0.25, 0.3) is 0 Å². The number of benzene rings is 1. The molecule has 2 aliphatic heterocycles. The Hall–Kier alpha value is -0.540. The van der Waals surface area contributed by atoms with Crippen molar-refractivity contribution in [2.75, 3.05) is 24.5 Å². The van der Waals surface area contributed by atoms with Crippen molar-refractivity contribution in [1.29, 1.82) is 0 Å². The number of nitrogens with one attached hydrogen (secondary N) is 1. The minimum atomic E-state index is 0.747. The van der Waals surface area contributed by atoms with Crippen molar-refractivity contribution in [3.05, 3.63) is 28.2 Å². The van der Waals surface area contributed by atoms with Gasteiger partial charge in [0.15, 0.2) is 0 Å². The van der Waals surface area contributed by atoms with Gasteiger partial charge in [-0.05, 0) is 50.0 Å². The van der Waals surface area contributed by atoms with Crippen LogP contribution >= 0.6 is 15.9 Å². The Morgan fingerprint density at radius 3 is 2.88 bits per heavy atom. The molecule has 0 radical (unpaired) electrons. The maximum Gasteiger partial charge on any atom is 0.0413 e. The lowest BCUT2D eigenvalue weighted by molar-refractivity contribution is 0.435. The minimum Gasteiger partial charge on any atom is -0.368 e. The second kappa shape index (κ2) is 4.38. The standard InChI is InChI=1S/C13H17BrN2/c14-11-2-1-10-5-8-16(13(10)9-11)12-3-6-15-7-4-12/h1-2,9,12,15H,3-8H2. The Morgan fingerprint density at radius 1 is 1.25 bits per heavy atom. The molecule has 1 N–H and O–H groups in total. The van der Waals surface area contributed by atoms with E-state index < -0.39 is 0 Å². The Bertz CT molecular complexity index is 386. The molecule has 1 fully saturated rings. The van der Waals surface area contributed by atoms with Crippen molar-refractivity contribution in [3.8, 4) is 0 Å². The highest BCUT2D eigenvalue weighted by Crippen LogP contribution is 2.33. The van der Waals surface area contributed by atoms with Gasteiger partial charge in [0, 0.05) is 22.7 Å². The highest BCUT2D eigenvalue weighted by molar-refractivity contribution is 9.10. The Balaban J connectivity index is 1.86. The van der Waals surface area contributed by atoms with Crippen molar-refractivity contribution < 1.29 is 0 Å². The van der Waals surface area contributed by atoms with E-state index in [0.29, 0.717) is 0 Å². The summed E-state index contributed by atoms with van der Waals surface area (Å²) in [7, 11) is 0. The van der Waals surface area contributed by atoms with E-state index in [2.05, 4.69) is 44.3 Å². The van der Waals surface area contributed by atoms with Crippen LogP contribution in [0.3, 0.4) is 0 Å². The molecule has 0 unspecified atom stereocenters. The molecule has 0 amide bonds. The predicted octanol–water partition coefficient (Wildman–Crippen LogP) is 2.56. The topological polar surface area (TPSA) is 15.3 Å². The maximum atomic E-state index is 3.58. The highest BCUT2D eigenvalue weighted by Gasteiger charge is 2.26. The van der Waals surface area contributed by atoms with Crippen molar-refractivity contribution in [1.82, 2.24) is 5.32 Å². The molecule has 1 aromatic carbocycles. The van der Waals surface area contributed by atoms with Gasteiger partial charge in [0.2, 0.25) is 0 Å². The van der Waals surface area contributed by atoms with E-state index in [1.54, 1.807) is 0 Å². The summed E-state index contributed by atoms with van der Waals surface area (Å²) in [5, 5.41) is 3.44. The second-order valence-electron chi connectivity index (χ2n) is 4.70. The summed E-state index contributed by atoms with van der Waals surface area (Å²) >= 11 is 3.58. The van der Waals surface area contributed by atoms with Crippen molar-refractivity contribution in [2.24, 2.45) is 0 Å². The van der Waals surface area contributed by atoms with Crippen LogP contribution in [-0.4, -0.2) is 25.7 Å². The summed E-state index contributed by atoms with van der Waals surface area (Å²) in [5.74, 6) is 0. The normalized spacial score (nSPS) is 21.2. The largest absolute Gasteiger partial charge is 0.368 e. The van der Waals surface area contributed by atoms with E-state index in [-0.39, 0.29) is 0 Å². The van der Waals surface area contributed by atoms with Crippen LogP contribution in [-0.2, 0) is 6.42 Å². The van der Waals surface area contributed by atoms with Gasteiger partial charge in [0.1, 0.15) is 0 Å². The molecule has 0 saturated carbocycles. The molecule has 86 valence electrons. The van der Waals surface area contributed by atoms with Gasteiger partial charge in [-0.15, -0.1) is 0 Å². The molecule has 1 saturated heterocycles. The van der Waals surface area contributed by atoms with Crippen LogP contribution < -0.4 is 10.2 Å². The number of hydrogen-bond donors (Lipinski definition) is 1. The number of piperidine rings is 1. The first-order chi connectivity index (χ1) is 7.84. The van der Waals surface area contributed by atoms with Crippen molar-refractivity contribution in [3.63, 3.8) is 0 Å². The smallest absolute Gasteiger partial charge is 0.0413 e. The van der Waals surface area contributed by atoms with Crippen LogP contribution in [0.15, 0.2) is 22.7 Å². The van der Waals surface area contributed by atoms with E-state index in [4.69, 9.17) is 0 Å². The van der Waals surface area contributed by atoms with Gasteiger partial charge in [-0.1, -0.05) is 22.0 Å². The molecule has 0 atom stereocenters. The zero-order chi connectivity index (χ0) is 11.0. The first kappa shape index (κ1) is 10.6. The fraction of sp³-hybridized carbons (Fsp3) is 0.538. The number of hydrogen-bond acceptors (Lipinski definition) is 2. The van der Waals surface area contributed by atoms with Gasteiger partial charge >= 0.3 is 0 Å². The van der Waals surface area contributed by atoms with E-state index >= 15 is 0 Å². The zero-order valence-corrected chi connectivity index (χ0v) is 11.0. The monoisotopic (exact) mass is 280 g/mol. The first-order valence-corrected chi connectivity index (χ1v) is 6.90. The fourth-order valence-corrected chi connectivity index (χ4v) is 3.22. The average molecular weight is 281 g/mol. The van der Waals surface area contributed by atoms with Crippen LogP contribution in [0.25, 0.3) is 0 Å². The number of anilines is 1. The van der Waals surface area contributed by atoms with Gasteiger partial charge in [-0.25, -0.2) is 0 Å². The average Bonchev–Trinajstić information content (AvgIpc) is 2.73. The molecule has 0 aromatic heterocycles. The lowest BCUT2D eigenvalue weighted by Gasteiger charge is -2.33. The molecule has 0 bridgehead atoms. The molecule has 3 heteroatoms. The van der Waals surface area contributed by atoms with Gasteiger partial charge in [-0.2, -0.15) is 0 Å². The highest BCUT2D eigenvalue weighted by atomic mass is 79.9. The van der Waals surface area contributed by atoms with Crippen LogP contribution in [0.2, 0.25) is 0 Å². The van der Waals surface area contributed by atoms with Crippen LogP contribution in [0.1, 0.15) is 18.4 Å². The molecular weight excluding hydrogens is 264 g/mol. The zero-order valence-electron chi connectivity index (χ0n) is 9.38. The molecule has 0 spiro atoms. The molecule has 1 aromatic rings. The number of nitrogens with zero attached hydrogens (tertiary/aromatic N) is 1. The van der Waals surface area contributed by atoms with Crippen molar-refractivity contribution >= 4 is 21.6 Å². The number of fused-ring (bicyclic) bond motifs is 1. The number of halogens is 1. The van der Waals surface area contributed by atoms with Gasteiger partial charge < -0.3 is 10.2 Å². The van der Waals surface area contributed by atoms with Gasteiger partial charge in [-0.3, -0.25) is 0 Å². The maximum absolute atomic E-state index is 3.58. The molecule has 3 rings (SSSR count). The Kier molecular flexibility index (Phi) is 2.90. The summed E-state index contributed by atoms with van der Waals surface area (Å²) in [6, 6.07) is 7.45. The second-order valence-corrected chi connectivity index (χ2v) is 5.61. The lowest BCUT2D eigenvalue weighted by atomic mass is 10.0. The quantitative estimate of drug-likeness (QED) is 0.851. The Labute approximate surface area is 105 Å². The summed E-state index contributed by atoms with van der Waals surface area (Å²) in [6.07, 6.45) is 3.78. The summed E-state index contributed by atoms with van der Waals surface area (Å²) < 4.78 is 1.20. The molecule has 16 heavy (non-hydrogen) atoms. The van der Waals surface area contributed by atoms with Gasteiger partial charge in [0.05, 0.1) is 0 Å². The van der Waals surface area contributed by atoms with E-state index in [0.717, 1.165) is 6.04 Å². The van der Waals surface area contributed by atoms with Crippen LogP contribution in [0, 0.1) is 0 Å². The van der Waals surface area contributed by atoms with E-state index in [9.17, 15) is 0 Å². The first-order valence-electron chi connectivity index (χ1n) is 6.10. The van der Waals surface area contributed by atoms with E-state index in [1.165, 1.54) is 54.6 Å². The fourth-order valence-electron chi connectivity index (χ4n) is 2.87. The van der Waals surface area contributed by atoms with Crippen LogP contribution in [0.5, 0.6) is 0 Å².